The zero-order valence-corrected chi connectivity index (χ0v) is 16.3. The quantitative estimate of drug-likeness (QED) is 0.295. The van der Waals surface area contributed by atoms with E-state index >= 15 is 0 Å². The molecule has 3 aromatic heterocycles. The van der Waals surface area contributed by atoms with Gasteiger partial charge in [0.25, 0.3) is 0 Å². The number of hydrogen-bond donors (Lipinski definition) is 4. The maximum Gasteiger partial charge on any atom is 0.326 e. The number of nitrogens with one attached hydrogen (secondary N) is 2. The fraction of sp³-hybridized carbons (Fsp3) is 0.300. The molecule has 0 amide bonds. The molecule has 0 bridgehead atoms. The second-order valence-corrected chi connectivity index (χ2v) is 7.87. The predicted octanol–water partition coefficient (Wildman–Crippen LogP) is 1.26. The van der Waals surface area contributed by atoms with Crippen molar-refractivity contribution in [2.45, 2.75) is 6.04 Å². The highest BCUT2D eigenvalue weighted by Gasteiger charge is 2.54. The summed E-state index contributed by atoms with van der Waals surface area (Å²) in [5, 5.41) is 14.8. The van der Waals surface area contributed by atoms with E-state index in [0.29, 0.717) is 29.3 Å². The van der Waals surface area contributed by atoms with E-state index in [9.17, 15) is 5.21 Å². The van der Waals surface area contributed by atoms with Crippen molar-refractivity contribution < 1.29 is 14.7 Å². The van der Waals surface area contributed by atoms with Gasteiger partial charge in [-0.1, -0.05) is 16.9 Å². The summed E-state index contributed by atoms with van der Waals surface area (Å²) in [4.78, 5) is 19.0. The summed E-state index contributed by atoms with van der Waals surface area (Å²) < 4.78 is 6.65. The van der Waals surface area contributed by atoms with Crippen molar-refractivity contribution >= 4 is 33.4 Å². The molecule has 4 heterocycles. The summed E-state index contributed by atoms with van der Waals surface area (Å²) in [6.07, 6.45) is 4.15. The van der Waals surface area contributed by atoms with Crippen LogP contribution in [-0.2, 0) is 0 Å². The van der Waals surface area contributed by atoms with Crippen LogP contribution in [0.4, 0.5) is 11.5 Å². The Morgan fingerprint density at radius 2 is 2.13 bits per heavy atom. The van der Waals surface area contributed by atoms with E-state index in [1.807, 2.05) is 19.2 Å². The molecule has 1 saturated heterocycles. The molecule has 1 saturated carbocycles. The molecule has 2 atom stereocenters. The van der Waals surface area contributed by atoms with Crippen molar-refractivity contribution in [3.63, 3.8) is 0 Å². The number of piperidine rings is 1. The normalized spacial score (nSPS) is 22.5. The number of fused-ring (bicyclic) bond motifs is 4. The van der Waals surface area contributed by atoms with E-state index in [-0.39, 0.29) is 6.01 Å². The molecule has 1 aliphatic carbocycles. The Hall–Kier alpha value is -3.66. The molecule has 6 rings (SSSR count). The van der Waals surface area contributed by atoms with Gasteiger partial charge < -0.3 is 30.9 Å². The Morgan fingerprint density at radius 3 is 2.90 bits per heavy atom. The van der Waals surface area contributed by atoms with Gasteiger partial charge in [0.2, 0.25) is 5.75 Å². The van der Waals surface area contributed by atoms with Crippen molar-refractivity contribution in [1.29, 1.82) is 0 Å². The van der Waals surface area contributed by atoms with E-state index in [1.54, 1.807) is 0 Å². The first kappa shape index (κ1) is 17.2. The number of aromatic amines is 1. The predicted molar refractivity (Wildman–Crippen MR) is 110 cm³/mol. The number of ether oxygens (including phenoxy) is 1. The van der Waals surface area contributed by atoms with Crippen LogP contribution in [0.2, 0.25) is 0 Å². The highest BCUT2D eigenvalue weighted by Crippen LogP contribution is 2.47. The van der Waals surface area contributed by atoms with Crippen molar-refractivity contribution in [2.24, 2.45) is 17.6 Å². The third-order valence-corrected chi connectivity index (χ3v) is 6.13. The average Bonchev–Trinajstić information content (AvgIpc) is 3.11. The topological polar surface area (TPSA) is 129 Å². The van der Waals surface area contributed by atoms with E-state index < -0.39 is 0 Å². The molecule has 10 heteroatoms. The van der Waals surface area contributed by atoms with Gasteiger partial charge in [0.05, 0.1) is 16.6 Å². The summed E-state index contributed by atoms with van der Waals surface area (Å²) in [6, 6.07) is 6.59. The van der Waals surface area contributed by atoms with Crippen molar-refractivity contribution in [1.82, 2.24) is 19.9 Å². The molecule has 0 radical (unpaired) electrons. The fourth-order valence-corrected chi connectivity index (χ4v) is 4.54. The van der Waals surface area contributed by atoms with Crippen LogP contribution < -0.4 is 25.4 Å². The number of rotatable bonds is 4. The van der Waals surface area contributed by atoms with Crippen LogP contribution in [0.15, 0.2) is 36.9 Å². The number of hydrogen-bond acceptors (Lipinski definition) is 8. The Bertz CT molecular complexity index is 1280. The first-order valence-corrected chi connectivity index (χ1v) is 9.86. The van der Waals surface area contributed by atoms with E-state index in [4.69, 9.17) is 15.5 Å². The van der Waals surface area contributed by atoms with Gasteiger partial charge in [0.1, 0.15) is 11.5 Å². The number of nitrogens with zero attached hydrogens (tertiary/aromatic N) is 5. The number of nitrogens with two attached hydrogens (primary N) is 1. The van der Waals surface area contributed by atoms with Crippen LogP contribution in [0.5, 0.6) is 11.8 Å². The summed E-state index contributed by atoms with van der Waals surface area (Å²) >= 11 is 0. The molecule has 152 valence electrons. The Balaban J connectivity index is 1.52. The van der Waals surface area contributed by atoms with E-state index in [2.05, 4.69) is 31.2 Å². The van der Waals surface area contributed by atoms with Gasteiger partial charge in [-0.3, -0.25) is 0 Å². The lowest BCUT2D eigenvalue weighted by Gasteiger charge is -2.21. The van der Waals surface area contributed by atoms with Crippen LogP contribution in [0.1, 0.15) is 0 Å². The zero-order valence-electron chi connectivity index (χ0n) is 16.3. The summed E-state index contributed by atoms with van der Waals surface area (Å²) in [6.45, 7) is 1.75. The van der Waals surface area contributed by atoms with Crippen LogP contribution in [0.3, 0.4) is 0 Å². The number of benzene rings is 1. The Morgan fingerprint density at radius 1 is 1.30 bits per heavy atom. The molecule has 2 aliphatic rings. The number of anilines is 2. The van der Waals surface area contributed by atoms with Crippen molar-refractivity contribution in [3.05, 3.63) is 36.9 Å². The lowest BCUT2D eigenvalue weighted by atomic mass is 10.1. The third-order valence-electron chi connectivity index (χ3n) is 6.13. The summed E-state index contributed by atoms with van der Waals surface area (Å²) in [5.41, 5.74) is 8.80. The maximum absolute atomic E-state index is 9.60. The molecule has 2 fully saturated rings. The Labute approximate surface area is 171 Å². The minimum Gasteiger partial charge on any atom is -0.416 e. The number of para-hydroxylation sites is 1. The van der Waals surface area contributed by atoms with E-state index in [0.717, 1.165) is 45.6 Å². The van der Waals surface area contributed by atoms with Crippen molar-refractivity contribution in [3.8, 4) is 11.8 Å². The number of H-pyrrole nitrogens is 1. The lowest BCUT2D eigenvalue weighted by molar-refractivity contribution is -0.906. The van der Waals surface area contributed by atoms with Gasteiger partial charge >= 0.3 is 12.3 Å². The zero-order chi connectivity index (χ0) is 20.4. The molecule has 5 N–H and O–H groups in total. The monoisotopic (exact) mass is 405 g/mol. The van der Waals surface area contributed by atoms with Gasteiger partial charge in [0, 0.05) is 31.6 Å². The van der Waals surface area contributed by atoms with Crippen LogP contribution in [0.25, 0.3) is 21.9 Å². The molecule has 1 aliphatic heterocycles. The number of aromatic nitrogens is 5. The van der Waals surface area contributed by atoms with Gasteiger partial charge in [-0.05, 0) is 22.9 Å². The summed E-state index contributed by atoms with van der Waals surface area (Å²) in [5.74, 6) is 2.20. The molecule has 4 aromatic rings. The smallest absolute Gasteiger partial charge is 0.326 e. The van der Waals surface area contributed by atoms with Crippen LogP contribution in [0, 0.1) is 11.8 Å². The molecular formula is C20H21N8O2+. The second kappa shape index (κ2) is 6.17. The average molecular weight is 405 g/mol. The standard InChI is InChI=1S/C20H21N8O2/c1-22-14-4-2-3-11-15-18(24-17(11)14)25-20(30-10-5-23-9-28(29)6-10)26-19(15)27-7-12-13(8-27)16(12)21/h2-6,9,12-13,16,22,29H,7-8,21H2,1H3,(H,24,25,26)/q+1. The van der Waals surface area contributed by atoms with Gasteiger partial charge in [-0.25, -0.2) is 0 Å². The Kier molecular flexibility index (Phi) is 3.54. The SMILES string of the molecule is CNc1cccc2c1[nH]c1nc(Oc3cnc[n+](O)c3)nc(N3CC4C(N)C4C3)c12. The maximum atomic E-state index is 9.60. The molecule has 10 nitrogen and oxygen atoms in total. The largest absolute Gasteiger partial charge is 0.416 e. The summed E-state index contributed by atoms with van der Waals surface area (Å²) in [7, 11) is 1.89. The third kappa shape index (κ3) is 2.53. The highest BCUT2D eigenvalue weighted by atomic mass is 16.5. The van der Waals surface area contributed by atoms with Crippen LogP contribution in [-0.4, -0.2) is 51.3 Å². The minimum atomic E-state index is 0.188. The fourth-order valence-electron chi connectivity index (χ4n) is 4.54. The molecule has 2 unspecified atom stereocenters. The first-order chi connectivity index (χ1) is 14.6. The highest BCUT2D eigenvalue weighted by molar-refractivity contribution is 6.14. The van der Waals surface area contributed by atoms with Gasteiger partial charge in [-0.15, -0.1) is 0 Å². The first-order valence-electron chi connectivity index (χ1n) is 9.86. The van der Waals surface area contributed by atoms with Crippen molar-refractivity contribution in [2.75, 3.05) is 30.4 Å². The van der Waals surface area contributed by atoms with Gasteiger partial charge in [-0.2, -0.15) is 9.97 Å². The minimum absolute atomic E-state index is 0.188. The van der Waals surface area contributed by atoms with Gasteiger partial charge in [0.15, 0.2) is 12.4 Å². The second-order valence-electron chi connectivity index (χ2n) is 7.87. The molecule has 1 aromatic carbocycles. The molecule has 0 spiro atoms. The lowest BCUT2D eigenvalue weighted by Crippen LogP contribution is -2.29. The van der Waals surface area contributed by atoms with E-state index in [1.165, 1.54) is 18.7 Å². The molecule has 30 heavy (non-hydrogen) atoms. The van der Waals surface area contributed by atoms with Crippen LogP contribution >= 0.6 is 0 Å². The molecular weight excluding hydrogens is 384 g/mol.